The summed E-state index contributed by atoms with van der Waals surface area (Å²) < 4.78 is 13.0. The van der Waals surface area contributed by atoms with Crippen LogP contribution in [0.2, 0.25) is 0 Å². The van der Waals surface area contributed by atoms with Crippen LogP contribution >= 0.6 is 0 Å². The van der Waals surface area contributed by atoms with Crippen molar-refractivity contribution in [2.75, 3.05) is 18.4 Å². The molecule has 4 nitrogen and oxygen atoms in total. The summed E-state index contributed by atoms with van der Waals surface area (Å²) in [4.78, 5) is 24.7. The number of amides is 2. The van der Waals surface area contributed by atoms with Gasteiger partial charge >= 0.3 is 0 Å². The molecule has 1 aromatic carbocycles. The summed E-state index contributed by atoms with van der Waals surface area (Å²) in [6.45, 7) is 5.87. The maximum Gasteiger partial charge on any atom is 0.243 e. The first-order valence-electron chi connectivity index (χ1n) is 6.19. The van der Waals surface area contributed by atoms with Crippen LogP contribution in [0.15, 0.2) is 24.3 Å². The molecule has 0 radical (unpaired) electrons. The normalized spacial score (nSPS) is 10.4. The largest absolute Gasteiger partial charge is 0.333 e. The molecule has 1 rings (SSSR count). The molecule has 0 saturated heterocycles. The average Bonchev–Trinajstić information content (AvgIpc) is 2.27. The summed E-state index contributed by atoms with van der Waals surface area (Å²) in [6, 6.07) is 5.65. The molecule has 0 saturated carbocycles. The van der Waals surface area contributed by atoms with Crippen LogP contribution in [0.25, 0.3) is 0 Å². The lowest BCUT2D eigenvalue weighted by molar-refractivity contribution is -0.133. The van der Waals surface area contributed by atoms with Gasteiger partial charge in [0.2, 0.25) is 11.8 Å². The zero-order chi connectivity index (χ0) is 14.4. The van der Waals surface area contributed by atoms with Gasteiger partial charge in [-0.1, -0.05) is 19.9 Å². The highest BCUT2D eigenvalue weighted by atomic mass is 19.1. The molecule has 1 aromatic rings. The van der Waals surface area contributed by atoms with Gasteiger partial charge in [-0.05, 0) is 24.1 Å². The predicted molar refractivity (Wildman–Crippen MR) is 72.1 cm³/mol. The van der Waals surface area contributed by atoms with Crippen LogP contribution in [-0.4, -0.2) is 29.8 Å². The van der Waals surface area contributed by atoms with E-state index in [1.54, 1.807) is 6.07 Å². The highest BCUT2D eigenvalue weighted by molar-refractivity contribution is 5.94. The van der Waals surface area contributed by atoms with Crippen LogP contribution in [0.3, 0.4) is 0 Å². The monoisotopic (exact) mass is 266 g/mol. The maximum absolute atomic E-state index is 13.0. The smallest absolute Gasteiger partial charge is 0.243 e. The summed E-state index contributed by atoms with van der Waals surface area (Å²) in [6.07, 6.45) is 0. The number of rotatable bonds is 5. The Hall–Kier alpha value is -1.91. The molecule has 5 heteroatoms. The average molecular weight is 266 g/mol. The maximum atomic E-state index is 13.0. The van der Waals surface area contributed by atoms with Crippen molar-refractivity contribution >= 4 is 17.5 Å². The Bertz CT molecular complexity index is 461. The highest BCUT2D eigenvalue weighted by Crippen LogP contribution is 2.09. The molecule has 0 heterocycles. The standard InChI is InChI=1S/C14H19FN2O2/c1-10(2)8-17(11(3)18)9-14(19)16-13-6-4-5-12(15)7-13/h4-7,10H,8-9H2,1-3H3,(H,16,19). The van der Waals surface area contributed by atoms with Gasteiger partial charge in [0.1, 0.15) is 5.82 Å². The van der Waals surface area contributed by atoms with Gasteiger partial charge in [0.05, 0.1) is 6.54 Å². The number of hydrogen-bond acceptors (Lipinski definition) is 2. The number of nitrogens with zero attached hydrogens (tertiary/aromatic N) is 1. The zero-order valence-electron chi connectivity index (χ0n) is 11.4. The fraction of sp³-hybridized carbons (Fsp3) is 0.429. The molecular weight excluding hydrogens is 247 g/mol. The molecule has 0 spiro atoms. The molecule has 0 unspecified atom stereocenters. The van der Waals surface area contributed by atoms with Crippen molar-refractivity contribution in [3.63, 3.8) is 0 Å². The van der Waals surface area contributed by atoms with Gasteiger partial charge in [0.25, 0.3) is 0 Å². The number of benzene rings is 1. The van der Waals surface area contributed by atoms with Crippen LogP contribution in [0.5, 0.6) is 0 Å². The van der Waals surface area contributed by atoms with E-state index in [1.807, 2.05) is 13.8 Å². The van der Waals surface area contributed by atoms with E-state index in [4.69, 9.17) is 0 Å². The molecule has 0 aliphatic heterocycles. The molecule has 104 valence electrons. The van der Waals surface area contributed by atoms with Crippen molar-refractivity contribution in [3.8, 4) is 0 Å². The first kappa shape index (κ1) is 15.1. The molecule has 0 bridgehead atoms. The van der Waals surface area contributed by atoms with Gasteiger partial charge in [-0.15, -0.1) is 0 Å². The van der Waals surface area contributed by atoms with Gasteiger partial charge in [0, 0.05) is 19.2 Å². The summed E-state index contributed by atoms with van der Waals surface area (Å²) in [7, 11) is 0. The third-order valence-electron chi connectivity index (χ3n) is 2.47. The molecule has 1 N–H and O–H groups in total. The molecule has 0 atom stereocenters. The number of anilines is 1. The van der Waals surface area contributed by atoms with Gasteiger partial charge in [-0.3, -0.25) is 9.59 Å². The van der Waals surface area contributed by atoms with E-state index in [0.29, 0.717) is 12.2 Å². The van der Waals surface area contributed by atoms with Gasteiger partial charge in [-0.2, -0.15) is 0 Å². The highest BCUT2D eigenvalue weighted by Gasteiger charge is 2.14. The van der Waals surface area contributed by atoms with Crippen molar-refractivity contribution in [1.29, 1.82) is 0 Å². The van der Waals surface area contributed by atoms with Crippen LogP contribution in [0.4, 0.5) is 10.1 Å². The van der Waals surface area contributed by atoms with Gasteiger partial charge < -0.3 is 10.2 Å². The van der Waals surface area contributed by atoms with Crippen LogP contribution in [-0.2, 0) is 9.59 Å². The summed E-state index contributed by atoms with van der Waals surface area (Å²) in [5.74, 6) is -0.612. The Labute approximate surface area is 112 Å². The van der Waals surface area contributed by atoms with Crippen molar-refractivity contribution in [3.05, 3.63) is 30.1 Å². The lowest BCUT2D eigenvalue weighted by atomic mass is 10.2. The number of carbonyl (C=O) groups excluding carboxylic acids is 2. The number of carbonyl (C=O) groups is 2. The molecule has 0 aromatic heterocycles. The summed E-state index contributed by atoms with van der Waals surface area (Å²) in [5.41, 5.74) is 0.387. The zero-order valence-corrected chi connectivity index (χ0v) is 11.4. The van der Waals surface area contributed by atoms with Crippen LogP contribution in [0, 0.1) is 11.7 Å². The first-order valence-corrected chi connectivity index (χ1v) is 6.19. The Kier molecular flexibility index (Phi) is 5.48. The molecule has 0 aliphatic carbocycles. The Balaban J connectivity index is 2.60. The Morgan fingerprint density at radius 1 is 1.37 bits per heavy atom. The molecular formula is C14H19FN2O2. The van der Waals surface area contributed by atoms with E-state index in [1.165, 1.54) is 30.0 Å². The third kappa shape index (κ3) is 5.50. The van der Waals surface area contributed by atoms with E-state index in [-0.39, 0.29) is 24.3 Å². The molecule has 19 heavy (non-hydrogen) atoms. The van der Waals surface area contributed by atoms with Gasteiger partial charge in [-0.25, -0.2) is 4.39 Å². The van der Waals surface area contributed by atoms with Gasteiger partial charge in [0.15, 0.2) is 0 Å². The lowest BCUT2D eigenvalue weighted by Gasteiger charge is -2.22. The first-order chi connectivity index (χ1) is 8.88. The van der Waals surface area contributed by atoms with Crippen molar-refractivity contribution in [2.24, 2.45) is 5.92 Å². The quantitative estimate of drug-likeness (QED) is 0.888. The molecule has 0 aliphatic rings. The number of hydrogen-bond donors (Lipinski definition) is 1. The Morgan fingerprint density at radius 3 is 2.58 bits per heavy atom. The fourth-order valence-electron chi connectivity index (χ4n) is 1.69. The van der Waals surface area contributed by atoms with E-state index < -0.39 is 5.82 Å². The minimum Gasteiger partial charge on any atom is -0.333 e. The fourth-order valence-corrected chi connectivity index (χ4v) is 1.69. The number of nitrogens with one attached hydrogen (secondary N) is 1. The second-order valence-electron chi connectivity index (χ2n) is 4.85. The second-order valence-corrected chi connectivity index (χ2v) is 4.85. The second kappa shape index (κ2) is 6.87. The number of halogens is 1. The SMILES string of the molecule is CC(=O)N(CC(=O)Nc1cccc(F)c1)CC(C)C. The van der Waals surface area contributed by atoms with E-state index in [0.717, 1.165) is 0 Å². The van der Waals surface area contributed by atoms with Crippen LogP contribution < -0.4 is 5.32 Å². The topological polar surface area (TPSA) is 49.4 Å². The van der Waals surface area contributed by atoms with Crippen LogP contribution in [0.1, 0.15) is 20.8 Å². The third-order valence-corrected chi connectivity index (χ3v) is 2.47. The minimum atomic E-state index is -0.414. The predicted octanol–water partition coefficient (Wildman–Crippen LogP) is 2.27. The summed E-state index contributed by atoms with van der Waals surface area (Å²) in [5, 5.41) is 2.57. The summed E-state index contributed by atoms with van der Waals surface area (Å²) >= 11 is 0. The van der Waals surface area contributed by atoms with E-state index in [2.05, 4.69) is 5.32 Å². The van der Waals surface area contributed by atoms with Crippen molar-refractivity contribution in [2.45, 2.75) is 20.8 Å². The van der Waals surface area contributed by atoms with E-state index >= 15 is 0 Å². The molecule has 2 amide bonds. The Morgan fingerprint density at radius 2 is 2.05 bits per heavy atom. The lowest BCUT2D eigenvalue weighted by Crippen LogP contribution is -2.38. The minimum absolute atomic E-state index is 0.0238. The van der Waals surface area contributed by atoms with E-state index in [9.17, 15) is 14.0 Å². The molecule has 0 fully saturated rings. The van der Waals surface area contributed by atoms with Crippen molar-refractivity contribution in [1.82, 2.24) is 4.90 Å². The van der Waals surface area contributed by atoms with Crippen molar-refractivity contribution < 1.29 is 14.0 Å².